The molecule has 0 radical (unpaired) electrons. The number of nitrogens with zero attached hydrogens (tertiary/aromatic N) is 2. The molecule has 0 spiro atoms. The van der Waals surface area contributed by atoms with E-state index < -0.39 is 0 Å². The number of aromatic nitrogens is 2. The van der Waals surface area contributed by atoms with Gasteiger partial charge in [0.25, 0.3) is 0 Å². The van der Waals surface area contributed by atoms with Crippen LogP contribution in [0.25, 0.3) is 0 Å². The van der Waals surface area contributed by atoms with Gasteiger partial charge in [-0.15, -0.1) is 0 Å². The monoisotopic (exact) mass is 413 g/mol. The second-order valence-electron chi connectivity index (χ2n) is 7.68. The van der Waals surface area contributed by atoms with Crippen molar-refractivity contribution in [2.75, 3.05) is 33.2 Å². The summed E-state index contributed by atoms with van der Waals surface area (Å²) in [6.07, 6.45) is 5.72. The van der Waals surface area contributed by atoms with Crippen LogP contribution in [0.4, 0.5) is 5.69 Å². The maximum atomic E-state index is 13.7. The van der Waals surface area contributed by atoms with Gasteiger partial charge in [0.1, 0.15) is 28.5 Å². The van der Waals surface area contributed by atoms with Crippen molar-refractivity contribution in [3.63, 3.8) is 0 Å². The van der Waals surface area contributed by atoms with Gasteiger partial charge in [-0.05, 0) is 51.0 Å². The van der Waals surface area contributed by atoms with Crippen molar-refractivity contribution in [3.8, 4) is 17.2 Å². The average molecular weight is 414 g/mol. The normalized spacial score (nSPS) is 13.1. The number of nitrogens with one attached hydrogen (secondary N) is 1. The molecule has 30 heavy (non-hydrogen) atoms. The van der Waals surface area contributed by atoms with Crippen LogP contribution in [0.1, 0.15) is 59.2 Å². The van der Waals surface area contributed by atoms with Crippen LogP contribution in [-0.2, 0) is 6.42 Å². The van der Waals surface area contributed by atoms with Crippen LogP contribution >= 0.6 is 0 Å². The molecule has 2 aromatic rings. The van der Waals surface area contributed by atoms with Crippen LogP contribution in [0, 0.1) is 19.8 Å². The number of rotatable bonds is 10. The molecule has 0 amide bonds. The van der Waals surface area contributed by atoms with Gasteiger partial charge in [0.2, 0.25) is 5.78 Å². The SMILES string of the molecule is CCCNc1c(OC)c(CC2CC2)c(OC)c(C(=O)c2nc(C)ncc2C)c1OC. The molecule has 1 aromatic heterocycles. The van der Waals surface area contributed by atoms with Gasteiger partial charge in [-0.3, -0.25) is 4.79 Å². The van der Waals surface area contributed by atoms with Gasteiger partial charge >= 0.3 is 0 Å². The fourth-order valence-electron chi connectivity index (χ4n) is 3.68. The van der Waals surface area contributed by atoms with Crippen molar-refractivity contribution < 1.29 is 19.0 Å². The van der Waals surface area contributed by atoms with E-state index in [4.69, 9.17) is 14.2 Å². The molecule has 1 aliphatic carbocycles. The summed E-state index contributed by atoms with van der Waals surface area (Å²) in [7, 11) is 4.78. The van der Waals surface area contributed by atoms with E-state index in [0.717, 1.165) is 24.9 Å². The highest BCUT2D eigenvalue weighted by Crippen LogP contribution is 2.50. The Morgan fingerprint density at radius 1 is 1.10 bits per heavy atom. The number of ketones is 1. The number of carbonyl (C=O) groups is 1. The summed E-state index contributed by atoms with van der Waals surface area (Å²) in [5, 5.41) is 3.40. The molecule has 7 nitrogen and oxygen atoms in total. The fourth-order valence-corrected chi connectivity index (χ4v) is 3.68. The second-order valence-corrected chi connectivity index (χ2v) is 7.68. The zero-order chi connectivity index (χ0) is 21.8. The molecule has 1 N–H and O–H groups in total. The smallest absolute Gasteiger partial charge is 0.219 e. The van der Waals surface area contributed by atoms with E-state index >= 15 is 0 Å². The van der Waals surface area contributed by atoms with Gasteiger partial charge in [0.05, 0.1) is 21.3 Å². The van der Waals surface area contributed by atoms with Crippen LogP contribution < -0.4 is 19.5 Å². The summed E-state index contributed by atoms with van der Waals surface area (Å²) in [4.78, 5) is 22.3. The summed E-state index contributed by atoms with van der Waals surface area (Å²) in [6, 6.07) is 0. The molecule has 7 heteroatoms. The molecule has 3 rings (SSSR count). The molecular weight excluding hydrogens is 382 g/mol. The van der Waals surface area contributed by atoms with E-state index in [1.54, 1.807) is 34.4 Å². The first kappa shape index (κ1) is 21.9. The minimum absolute atomic E-state index is 0.244. The summed E-state index contributed by atoms with van der Waals surface area (Å²) in [5.41, 5.74) is 3.01. The predicted molar refractivity (Wildman–Crippen MR) is 116 cm³/mol. The maximum Gasteiger partial charge on any atom is 0.219 e. The van der Waals surface area contributed by atoms with Gasteiger partial charge < -0.3 is 19.5 Å². The number of ether oxygens (including phenoxy) is 3. The van der Waals surface area contributed by atoms with Crippen molar-refractivity contribution in [3.05, 3.63) is 34.4 Å². The maximum absolute atomic E-state index is 13.7. The Morgan fingerprint density at radius 3 is 2.33 bits per heavy atom. The third-order valence-corrected chi connectivity index (χ3v) is 5.34. The molecule has 0 bridgehead atoms. The first-order valence-electron chi connectivity index (χ1n) is 10.4. The molecule has 1 heterocycles. The van der Waals surface area contributed by atoms with Crippen molar-refractivity contribution in [2.24, 2.45) is 5.92 Å². The quantitative estimate of drug-likeness (QED) is 0.587. The molecular formula is C23H31N3O4. The van der Waals surface area contributed by atoms with Gasteiger partial charge in [-0.1, -0.05) is 6.92 Å². The lowest BCUT2D eigenvalue weighted by atomic mass is 9.94. The number of hydrogen-bond acceptors (Lipinski definition) is 7. The topological polar surface area (TPSA) is 82.6 Å². The van der Waals surface area contributed by atoms with Crippen LogP contribution in [0.15, 0.2) is 6.20 Å². The molecule has 0 aliphatic heterocycles. The highest BCUT2D eigenvalue weighted by Gasteiger charge is 2.34. The van der Waals surface area contributed by atoms with E-state index in [2.05, 4.69) is 22.2 Å². The van der Waals surface area contributed by atoms with Crippen LogP contribution in [0.3, 0.4) is 0 Å². The van der Waals surface area contributed by atoms with Crippen molar-refractivity contribution >= 4 is 11.5 Å². The number of carbonyl (C=O) groups excluding carboxylic acids is 1. The Morgan fingerprint density at radius 2 is 1.77 bits per heavy atom. The Balaban J connectivity index is 2.30. The number of aryl methyl sites for hydroxylation is 2. The van der Waals surface area contributed by atoms with Crippen LogP contribution in [0.5, 0.6) is 17.2 Å². The fraction of sp³-hybridized carbons (Fsp3) is 0.522. The van der Waals surface area contributed by atoms with Crippen LogP contribution in [0.2, 0.25) is 0 Å². The van der Waals surface area contributed by atoms with Gasteiger partial charge in [-0.2, -0.15) is 0 Å². The molecule has 0 unspecified atom stereocenters. The first-order valence-corrected chi connectivity index (χ1v) is 10.4. The number of hydrogen-bond donors (Lipinski definition) is 1. The largest absolute Gasteiger partial charge is 0.495 e. The first-order chi connectivity index (χ1) is 14.5. The minimum Gasteiger partial charge on any atom is -0.495 e. The third kappa shape index (κ3) is 4.20. The minimum atomic E-state index is -0.244. The molecule has 1 aliphatic rings. The van der Waals surface area contributed by atoms with Crippen molar-refractivity contribution in [2.45, 2.75) is 46.5 Å². The molecule has 0 atom stereocenters. The van der Waals surface area contributed by atoms with E-state index in [1.807, 2.05) is 6.92 Å². The Bertz CT molecular complexity index is 939. The Kier molecular flexibility index (Phi) is 6.80. The molecule has 1 fully saturated rings. The second kappa shape index (κ2) is 9.32. The Hall–Kier alpha value is -2.83. The summed E-state index contributed by atoms with van der Waals surface area (Å²) in [6.45, 7) is 6.41. The molecule has 1 aromatic carbocycles. The Labute approximate surface area is 178 Å². The number of benzene rings is 1. The molecule has 0 saturated heterocycles. The summed E-state index contributed by atoms with van der Waals surface area (Å²) >= 11 is 0. The zero-order valence-electron chi connectivity index (χ0n) is 18.7. The van der Waals surface area contributed by atoms with E-state index in [-0.39, 0.29) is 5.78 Å². The lowest BCUT2D eigenvalue weighted by molar-refractivity contribution is 0.102. The van der Waals surface area contributed by atoms with E-state index in [0.29, 0.717) is 51.5 Å². The molecule has 1 saturated carbocycles. The van der Waals surface area contributed by atoms with Gasteiger partial charge in [0.15, 0.2) is 11.5 Å². The molecule has 162 valence electrons. The average Bonchev–Trinajstić information content (AvgIpc) is 3.56. The van der Waals surface area contributed by atoms with E-state index in [1.165, 1.54) is 12.8 Å². The predicted octanol–water partition coefficient (Wildman–Crippen LogP) is 4.12. The van der Waals surface area contributed by atoms with Gasteiger partial charge in [0, 0.05) is 18.3 Å². The zero-order valence-corrected chi connectivity index (χ0v) is 18.7. The van der Waals surface area contributed by atoms with E-state index in [9.17, 15) is 4.79 Å². The van der Waals surface area contributed by atoms with Crippen LogP contribution in [-0.4, -0.2) is 43.6 Å². The number of anilines is 1. The van der Waals surface area contributed by atoms with Crippen molar-refractivity contribution in [1.82, 2.24) is 9.97 Å². The third-order valence-electron chi connectivity index (χ3n) is 5.34. The highest BCUT2D eigenvalue weighted by molar-refractivity contribution is 6.14. The number of methoxy groups -OCH3 is 3. The lowest BCUT2D eigenvalue weighted by Gasteiger charge is -2.24. The van der Waals surface area contributed by atoms with Crippen molar-refractivity contribution in [1.29, 1.82) is 0 Å². The summed E-state index contributed by atoms with van der Waals surface area (Å²) < 4.78 is 17.4. The highest BCUT2D eigenvalue weighted by atomic mass is 16.5. The van der Waals surface area contributed by atoms with Gasteiger partial charge in [-0.25, -0.2) is 9.97 Å². The lowest BCUT2D eigenvalue weighted by Crippen LogP contribution is -2.16. The standard InChI is InChI=1S/C23H31N3O4/c1-7-10-24-19-22(29-5)16(11-15-8-9-15)21(28-4)17(23(19)30-6)20(27)18-13(2)12-25-14(3)26-18/h12,15,24H,7-11H2,1-6H3. The summed E-state index contributed by atoms with van der Waals surface area (Å²) in [5.74, 6) is 2.46.